The molecule has 3 heterocycles. The third kappa shape index (κ3) is 2.47. The molecule has 19 heavy (non-hydrogen) atoms. The van der Waals surface area contributed by atoms with Gasteiger partial charge in [-0.05, 0) is 49.1 Å². The van der Waals surface area contributed by atoms with Gasteiger partial charge in [-0.1, -0.05) is 0 Å². The van der Waals surface area contributed by atoms with Gasteiger partial charge in [-0.25, -0.2) is 0 Å². The van der Waals surface area contributed by atoms with Gasteiger partial charge in [-0.15, -0.1) is 11.3 Å². The standard InChI is InChI=1S/C15H21N3S/c1-11-8-13(10-19-11)14-9-16-15(12(14)2)18-6-4-17(3)5-7-18/h8,10H,4-7,9H2,1-3H3. The molecule has 0 radical (unpaired) electrons. The molecule has 3 rings (SSSR count). The van der Waals surface area contributed by atoms with Crippen LogP contribution in [0.5, 0.6) is 0 Å². The van der Waals surface area contributed by atoms with E-state index in [1.54, 1.807) is 0 Å². The van der Waals surface area contributed by atoms with Gasteiger partial charge in [0.15, 0.2) is 0 Å². The van der Waals surface area contributed by atoms with Crippen LogP contribution in [0, 0.1) is 6.92 Å². The summed E-state index contributed by atoms with van der Waals surface area (Å²) < 4.78 is 0. The van der Waals surface area contributed by atoms with E-state index in [0.717, 1.165) is 32.7 Å². The van der Waals surface area contributed by atoms with Crippen molar-refractivity contribution in [3.8, 4) is 0 Å². The Morgan fingerprint density at radius 3 is 2.53 bits per heavy atom. The van der Waals surface area contributed by atoms with Gasteiger partial charge in [0.1, 0.15) is 5.84 Å². The molecule has 0 unspecified atom stereocenters. The largest absolute Gasteiger partial charge is 0.354 e. The van der Waals surface area contributed by atoms with E-state index >= 15 is 0 Å². The number of aryl methyl sites for hydroxylation is 1. The van der Waals surface area contributed by atoms with Crippen LogP contribution in [-0.4, -0.2) is 55.4 Å². The van der Waals surface area contributed by atoms with E-state index in [2.05, 4.69) is 42.1 Å². The zero-order valence-corrected chi connectivity index (χ0v) is 12.8. The van der Waals surface area contributed by atoms with Crippen LogP contribution in [-0.2, 0) is 0 Å². The van der Waals surface area contributed by atoms with Crippen LogP contribution in [0.4, 0.5) is 0 Å². The Morgan fingerprint density at radius 1 is 1.16 bits per heavy atom. The summed E-state index contributed by atoms with van der Waals surface area (Å²) in [5.41, 5.74) is 4.16. The number of piperazine rings is 1. The Balaban J connectivity index is 1.80. The molecule has 102 valence electrons. The van der Waals surface area contributed by atoms with Crippen LogP contribution >= 0.6 is 11.3 Å². The van der Waals surface area contributed by atoms with E-state index in [1.165, 1.54) is 27.4 Å². The Hall–Kier alpha value is -1.13. The summed E-state index contributed by atoms with van der Waals surface area (Å²) in [7, 11) is 2.19. The minimum Gasteiger partial charge on any atom is -0.354 e. The monoisotopic (exact) mass is 275 g/mol. The van der Waals surface area contributed by atoms with Gasteiger partial charge in [-0.3, -0.25) is 4.99 Å². The van der Waals surface area contributed by atoms with E-state index in [9.17, 15) is 0 Å². The average molecular weight is 275 g/mol. The SMILES string of the molecule is CC1=C(c2csc(C)c2)CN=C1N1CCN(C)CC1. The Labute approximate surface area is 119 Å². The van der Waals surface area contributed by atoms with Crippen LogP contribution in [0.1, 0.15) is 17.4 Å². The Bertz CT molecular complexity index is 533. The molecule has 0 saturated carbocycles. The van der Waals surface area contributed by atoms with Crippen molar-refractivity contribution >= 4 is 22.7 Å². The number of likely N-dealkylation sites (N-methyl/N-ethyl adjacent to an activating group) is 1. The summed E-state index contributed by atoms with van der Waals surface area (Å²) in [6.07, 6.45) is 0. The molecule has 0 aromatic carbocycles. The maximum absolute atomic E-state index is 4.79. The molecule has 0 bridgehead atoms. The smallest absolute Gasteiger partial charge is 0.127 e. The van der Waals surface area contributed by atoms with Gasteiger partial charge in [0.2, 0.25) is 0 Å². The maximum atomic E-state index is 4.79. The van der Waals surface area contributed by atoms with Gasteiger partial charge < -0.3 is 9.80 Å². The van der Waals surface area contributed by atoms with E-state index in [0.29, 0.717) is 0 Å². The lowest BCUT2D eigenvalue weighted by atomic mass is 10.0. The van der Waals surface area contributed by atoms with Gasteiger partial charge in [0, 0.05) is 31.1 Å². The lowest BCUT2D eigenvalue weighted by molar-refractivity contribution is 0.215. The first-order valence-electron chi connectivity index (χ1n) is 6.88. The molecule has 0 amide bonds. The summed E-state index contributed by atoms with van der Waals surface area (Å²) in [4.78, 5) is 11.0. The number of hydrogen-bond acceptors (Lipinski definition) is 4. The second kappa shape index (κ2) is 5.10. The molecule has 0 atom stereocenters. The van der Waals surface area contributed by atoms with Gasteiger partial charge in [0.05, 0.1) is 6.54 Å². The molecule has 1 aromatic rings. The highest BCUT2D eigenvalue weighted by Crippen LogP contribution is 2.29. The van der Waals surface area contributed by atoms with Crippen LogP contribution in [0.2, 0.25) is 0 Å². The zero-order chi connectivity index (χ0) is 13.4. The Morgan fingerprint density at radius 2 is 1.89 bits per heavy atom. The van der Waals surface area contributed by atoms with Crippen molar-refractivity contribution in [2.24, 2.45) is 4.99 Å². The average Bonchev–Trinajstić information content (AvgIpc) is 2.97. The predicted octanol–water partition coefficient (Wildman–Crippen LogP) is 2.49. The van der Waals surface area contributed by atoms with Gasteiger partial charge >= 0.3 is 0 Å². The normalized spacial score (nSPS) is 21.2. The van der Waals surface area contributed by atoms with Crippen molar-refractivity contribution in [3.05, 3.63) is 27.5 Å². The van der Waals surface area contributed by atoms with Crippen molar-refractivity contribution < 1.29 is 0 Å². The van der Waals surface area contributed by atoms with Crippen molar-refractivity contribution in [2.45, 2.75) is 13.8 Å². The lowest BCUT2D eigenvalue weighted by Crippen LogP contribution is -2.47. The van der Waals surface area contributed by atoms with Crippen molar-refractivity contribution in [1.29, 1.82) is 0 Å². The van der Waals surface area contributed by atoms with Crippen LogP contribution in [0.25, 0.3) is 5.57 Å². The summed E-state index contributed by atoms with van der Waals surface area (Å²) >= 11 is 1.83. The molecule has 4 heteroatoms. The van der Waals surface area contributed by atoms with E-state index in [1.807, 2.05) is 11.3 Å². The predicted molar refractivity (Wildman–Crippen MR) is 83.0 cm³/mol. The van der Waals surface area contributed by atoms with Gasteiger partial charge in [-0.2, -0.15) is 0 Å². The van der Waals surface area contributed by atoms with Crippen LogP contribution < -0.4 is 0 Å². The molecule has 2 aliphatic heterocycles. The zero-order valence-electron chi connectivity index (χ0n) is 11.9. The van der Waals surface area contributed by atoms with Crippen molar-refractivity contribution in [3.63, 3.8) is 0 Å². The molecule has 0 N–H and O–H groups in total. The fraction of sp³-hybridized carbons (Fsp3) is 0.533. The molecular weight excluding hydrogens is 254 g/mol. The Kier molecular flexibility index (Phi) is 3.46. The minimum atomic E-state index is 0.851. The topological polar surface area (TPSA) is 18.8 Å². The fourth-order valence-corrected chi connectivity index (χ4v) is 3.51. The molecule has 1 fully saturated rings. The summed E-state index contributed by atoms with van der Waals surface area (Å²) in [6, 6.07) is 2.28. The molecule has 0 spiro atoms. The van der Waals surface area contributed by atoms with E-state index in [-0.39, 0.29) is 0 Å². The highest BCUT2D eigenvalue weighted by molar-refractivity contribution is 7.10. The van der Waals surface area contributed by atoms with E-state index in [4.69, 9.17) is 4.99 Å². The first kappa shape index (κ1) is 12.9. The van der Waals surface area contributed by atoms with Crippen LogP contribution in [0.3, 0.4) is 0 Å². The quantitative estimate of drug-likeness (QED) is 0.784. The number of thiophene rings is 1. The third-order valence-electron chi connectivity index (χ3n) is 4.06. The first-order valence-corrected chi connectivity index (χ1v) is 7.76. The summed E-state index contributed by atoms with van der Waals surface area (Å²) in [6.45, 7) is 9.72. The second-order valence-electron chi connectivity index (χ2n) is 5.48. The number of aliphatic imine (C=N–C) groups is 1. The molecule has 0 aliphatic carbocycles. The van der Waals surface area contributed by atoms with E-state index < -0.39 is 0 Å². The van der Waals surface area contributed by atoms with Gasteiger partial charge in [0.25, 0.3) is 0 Å². The fourth-order valence-electron chi connectivity index (χ4n) is 2.79. The molecule has 1 saturated heterocycles. The number of nitrogens with zero attached hydrogens (tertiary/aromatic N) is 3. The second-order valence-corrected chi connectivity index (χ2v) is 6.60. The first-order chi connectivity index (χ1) is 9.15. The minimum absolute atomic E-state index is 0.851. The molecule has 1 aromatic heterocycles. The maximum Gasteiger partial charge on any atom is 0.127 e. The summed E-state index contributed by atoms with van der Waals surface area (Å²) in [5.74, 6) is 1.23. The summed E-state index contributed by atoms with van der Waals surface area (Å²) in [5, 5.41) is 2.26. The van der Waals surface area contributed by atoms with Crippen molar-refractivity contribution in [2.75, 3.05) is 39.8 Å². The number of hydrogen-bond donors (Lipinski definition) is 0. The number of amidine groups is 1. The highest BCUT2D eigenvalue weighted by Gasteiger charge is 2.24. The molecular formula is C15H21N3S. The van der Waals surface area contributed by atoms with Crippen LogP contribution in [0.15, 0.2) is 22.0 Å². The molecule has 3 nitrogen and oxygen atoms in total. The number of rotatable bonds is 1. The van der Waals surface area contributed by atoms with Crippen molar-refractivity contribution in [1.82, 2.24) is 9.80 Å². The third-order valence-corrected chi connectivity index (χ3v) is 4.92. The lowest BCUT2D eigenvalue weighted by Gasteiger charge is -2.34. The highest BCUT2D eigenvalue weighted by atomic mass is 32.1. The molecule has 2 aliphatic rings.